The molecule has 2 aromatic rings. The Hall–Kier alpha value is -2.34. The first-order valence-electron chi connectivity index (χ1n) is 9.41. The molecule has 0 aliphatic rings. The smallest absolute Gasteiger partial charge is 0.261 e. The van der Waals surface area contributed by atoms with Gasteiger partial charge in [0.25, 0.3) is 5.91 Å². The highest BCUT2D eigenvalue weighted by Gasteiger charge is 2.26. The molecule has 0 saturated heterocycles. The number of amides is 2. The van der Waals surface area contributed by atoms with Crippen LogP contribution in [0.2, 0.25) is 0 Å². The summed E-state index contributed by atoms with van der Waals surface area (Å²) in [6.45, 7) is 6.49. The van der Waals surface area contributed by atoms with Crippen molar-refractivity contribution in [2.24, 2.45) is 0 Å². The standard InChI is InChI=1S/C22H27BrN2O3/c1-4-11-24-22(27)17(3)25(14-18-8-6-9-19(23)13-18)21(26)15-28-20-10-5-7-16(2)12-20/h5-10,12-13,17H,4,11,14-15H2,1-3H3,(H,24,27)/t17-/m0/s1. The molecule has 0 aliphatic heterocycles. The fraction of sp³-hybridized carbons (Fsp3) is 0.364. The Morgan fingerprint density at radius 2 is 1.93 bits per heavy atom. The van der Waals surface area contributed by atoms with Gasteiger partial charge in [0.1, 0.15) is 11.8 Å². The summed E-state index contributed by atoms with van der Waals surface area (Å²) in [5, 5.41) is 2.86. The second-order valence-corrected chi connectivity index (χ2v) is 7.64. The van der Waals surface area contributed by atoms with Crippen molar-refractivity contribution in [3.8, 4) is 5.75 Å². The molecule has 1 N–H and O–H groups in total. The topological polar surface area (TPSA) is 58.6 Å². The number of nitrogens with zero attached hydrogens (tertiary/aromatic N) is 1. The lowest BCUT2D eigenvalue weighted by molar-refractivity contribution is -0.142. The number of nitrogens with one attached hydrogen (secondary N) is 1. The predicted octanol–water partition coefficient (Wildman–Crippen LogP) is 4.08. The quantitative estimate of drug-likeness (QED) is 0.630. The maximum atomic E-state index is 12.9. The van der Waals surface area contributed by atoms with Crippen molar-refractivity contribution < 1.29 is 14.3 Å². The van der Waals surface area contributed by atoms with Crippen LogP contribution < -0.4 is 10.1 Å². The predicted molar refractivity (Wildman–Crippen MR) is 114 cm³/mol. The van der Waals surface area contributed by atoms with Crippen LogP contribution in [0.4, 0.5) is 0 Å². The van der Waals surface area contributed by atoms with Gasteiger partial charge in [0, 0.05) is 17.6 Å². The van der Waals surface area contributed by atoms with Gasteiger partial charge in [0.2, 0.25) is 5.91 Å². The van der Waals surface area contributed by atoms with E-state index in [0.29, 0.717) is 18.8 Å². The second-order valence-electron chi connectivity index (χ2n) is 6.72. The van der Waals surface area contributed by atoms with Crippen LogP contribution in [-0.4, -0.2) is 35.9 Å². The highest BCUT2D eigenvalue weighted by Crippen LogP contribution is 2.17. The third-order valence-electron chi connectivity index (χ3n) is 4.31. The highest BCUT2D eigenvalue weighted by molar-refractivity contribution is 9.10. The molecule has 2 rings (SSSR count). The van der Waals surface area contributed by atoms with Gasteiger partial charge in [-0.05, 0) is 55.7 Å². The zero-order valence-electron chi connectivity index (χ0n) is 16.6. The maximum absolute atomic E-state index is 12.9. The van der Waals surface area contributed by atoms with Gasteiger partial charge in [0.15, 0.2) is 6.61 Å². The van der Waals surface area contributed by atoms with E-state index in [1.54, 1.807) is 11.8 Å². The van der Waals surface area contributed by atoms with Gasteiger partial charge in [-0.25, -0.2) is 0 Å². The van der Waals surface area contributed by atoms with Crippen molar-refractivity contribution in [1.29, 1.82) is 0 Å². The molecule has 0 heterocycles. The minimum Gasteiger partial charge on any atom is -0.484 e. The molecule has 0 spiro atoms. The fourth-order valence-corrected chi connectivity index (χ4v) is 3.19. The first-order chi connectivity index (χ1) is 13.4. The third kappa shape index (κ3) is 6.68. The molecular formula is C22H27BrN2O3. The SMILES string of the molecule is CCCNC(=O)[C@H](C)N(Cc1cccc(Br)c1)C(=O)COc1cccc(C)c1. The summed E-state index contributed by atoms with van der Waals surface area (Å²) in [5.74, 6) is 0.236. The number of halogens is 1. The number of hydrogen-bond donors (Lipinski definition) is 1. The molecule has 1 atom stereocenters. The zero-order chi connectivity index (χ0) is 20.5. The first kappa shape index (κ1) is 22.0. The molecular weight excluding hydrogens is 420 g/mol. The Kier molecular flexibility index (Phi) is 8.51. The lowest BCUT2D eigenvalue weighted by atomic mass is 10.1. The van der Waals surface area contributed by atoms with Gasteiger partial charge in [-0.15, -0.1) is 0 Å². The summed E-state index contributed by atoms with van der Waals surface area (Å²) in [5.41, 5.74) is 2.00. The van der Waals surface area contributed by atoms with E-state index in [4.69, 9.17) is 4.74 Å². The number of benzene rings is 2. The Bertz CT molecular complexity index is 810. The minimum atomic E-state index is -0.598. The van der Waals surface area contributed by atoms with Crippen LogP contribution >= 0.6 is 15.9 Å². The third-order valence-corrected chi connectivity index (χ3v) is 4.80. The van der Waals surface area contributed by atoms with E-state index in [-0.39, 0.29) is 18.4 Å². The van der Waals surface area contributed by atoms with E-state index < -0.39 is 6.04 Å². The number of aryl methyl sites for hydroxylation is 1. The summed E-state index contributed by atoms with van der Waals surface area (Å²) >= 11 is 3.45. The molecule has 0 radical (unpaired) electrons. The second kappa shape index (κ2) is 10.9. The van der Waals surface area contributed by atoms with Gasteiger partial charge < -0.3 is 15.0 Å². The van der Waals surface area contributed by atoms with Gasteiger partial charge in [-0.1, -0.05) is 47.1 Å². The lowest BCUT2D eigenvalue weighted by Crippen LogP contribution is -2.49. The molecule has 0 bridgehead atoms. The molecule has 5 nitrogen and oxygen atoms in total. The summed E-state index contributed by atoms with van der Waals surface area (Å²) < 4.78 is 6.60. The van der Waals surface area contributed by atoms with Crippen LogP contribution in [0.3, 0.4) is 0 Å². The Morgan fingerprint density at radius 1 is 1.18 bits per heavy atom. The Morgan fingerprint density at radius 3 is 2.61 bits per heavy atom. The van der Waals surface area contributed by atoms with Gasteiger partial charge in [0.05, 0.1) is 0 Å². The van der Waals surface area contributed by atoms with Gasteiger partial charge >= 0.3 is 0 Å². The van der Waals surface area contributed by atoms with E-state index in [2.05, 4.69) is 21.2 Å². The molecule has 0 aromatic heterocycles. The largest absolute Gasteiger partial charge is 0.484 e. The van der Waals surface area contributed by atoms with Gasteiger partial charge in [-0.3, -0.25) is 9.59 Å². The minimum absolute atomic E-state index is 0.122. The molecule has 28 heavy (non-hydrogen) atoms. The summed E-state index contributed by atoms with van der Waals surface area (Å²) in [7, 11) is 0. The molecule has 0 aliphatic carbocycles. The summed E-state index contributed by atoms with van der Waals surface area (Å²) in [6, 6.07) is 14.7. The van der Waals surface area contributed by atoms with E-state index in [0.717, 1.165) is 22.0 Å². The summed E-state index contributed by atoms with van der Waals surface area (Å²) in [4.78, 5) is 26.9. The zero-order valence-corrected chi connectivity index (χ0v) is 18.2. The number of hydrogen-bond acceptors (Lipinski definition) is 3. The van der Waals surface area contributed by atoms with Crippen molar-refractivity contribution >= 4 is 27.7 Å². The Labute approximate surface area is 175 Å². The molecule has 2 amide bonds. The van der Waals surface area contributed by atoms with Crippen molar-refractivity contribution in [1.82, 2.24) is 10.2 Å². The molecule has 2 aromatic carbocycles. The first-order valence-corrected chi connectivity index (χ1v) is 10.2. The van der Waals surface area contributed by atoms with Crippen molar-refractivity contribution in [2.75, 3.05) is 13.2 Å². The van der Waals surface area contributed by atoms with E-state index in [9.17, 15) is 9.59 Å². The van der Waals surface area contributed by atoms with E-state index in [1.165, 1.54) is 0 Å². The van der Waals surface area contributed by atoms with E-state index >= 15 is 0 Å². The number of carbonyl (C=O) groups is 2. The fourth-order valence-electron chi connectivity index (χ4n) is 2.74. The van der Waals surface area contributed by atoms with Crippen LogP contribution in [-0.2, 0) is 16.1 Å². The molecule has 150 valence electrons. The van der Waals surface area contributed by atoms with Crippen molar-refractivity contribution in [2.45, 2.75) is 39.8 Å². The monoisotopic (exact) mass is 446 g/mol. The molecule has 0 unspecified atom stereocenters. The van der Waals surface area contributed by atoms with E-state index in [1.807, 2.05) is 62.4 Å². The van der Waals surface area contributed by atoms with Crippen molar-refractivity contribution in [3.05, 3.63) is 64.1 Å². The van der Waals surface area contributed by atoms with Crippen LogP contribution in [0.15, 0.2) is 53.0 Å². The molecule has 0 fully saturated rings. The van der Waals surface area contributed by atoms with Crippen LogP contribution in [0, 0.1) is 6.92 Å². The highest BCUT2D eigenvalue weighted by atomic mass is 79.9. The van der Waals surface area contributed by atoms with Gasteiger partial charge in [-0.2, -0.15) is 0 Å². The number of rotatable bonds is 9. The van der Waals surface area contributed by atoms with Crippen molar-refractivity contribution in [3.63, 3.8) is 0 Å². The normalized spacial score (nSPS) is 11.6. The van der Waals surface area contributed by atoms with Crippen LogP contribution in [0.1, 0.15) is 31.4 Å². The number of ether oxygens (including phenoxy) is 1. The maximum Gasteiger partial charge on any atom is 0.261 e. The van der Waals surface area contributed by atoms with Crippen LogP contribution in [0.25, 0.3) is 0 Å². The summed E-state index contributed by atoms with van der Waals surface area (Å²) in [6.07, 6.45) is 0.842. The molecule has 6 heteroatoms. The lowest BCUT2D eigenvalue weighted by Gasteiger charge is -2.28. The Balaban J connectivity index is 2.13. The van der Waals surface area contributed by atoms with Crippen LogP contribution in [0.5, 0.6) is 5.75 Å². The number of carbonyl (C=O) groups excluding carboxylic acids is 2. The average Bonchev–Trinajstić information content (AvgIpc) is 2.68. The average molecular weight is 447 g/mol. The molecule has 0 saturated carbocycles.